The SMILES string of the molecule is COc1ccc(C)cc1S(=O)(=O)N1CCSC(c2ccc3c(c2)OCO3)CC1. The van der Waals surface area contributed by atoms with Gasteiger partial charge in [-0.05, 0) is 48.7 Å². The van der Waals surface area contributed by atoms with Gasteiger partial charge in [-0.15, -0.1) is 0 Å². The molecule has 1 unspecified atom stereocenters. The first-order valence-corrected chi connectivity index (χ1v) is 11.6. The van der Waals surface area contributed by atoms with Crippen LogP contribution in [0.1, 0.15) is 22.8 Å². The minimum absolute atomic E-state index is 0.217. The lowest BCUT2D eigenvalue weighted by Crippen LogP contribution is -2.33. The number of nitrogens with zero attached hydrogens (tertiary/aromatic N) is 1. The third-order valence-electron chi connectivity index (χ3n) is 5.01. The normalized spacial score (nSPS) is 20.0. The lowest BCUT2D eigenvalue weighted by molar-refractivity contribution is 0.174. The van der Waals surface area contributed by atoms with E-state index in [9.17, 15) is 8.42 Å². The van der Waals surface area contributed by atoms with Crippen molar-refractivity contribution in [2.45, 2.75) is 23.5 Å². The maximum Gasteiger partial charge on any atom is 0.246 e. The van der Waals surface area contributed by atoms with Gasteiger partial charge in [-0.2, -0.15) is 16.1 Å². The predicted molar refractivity (Wildman–Crippen MR) is 109 cm³/mol. The van der Waals surface area contributed by atoms with Gasteiger partial charge in [-0.3, -0.25) is 0 Å². The second kappa shape index (κ2) is 7.85. The molecule has 6 nitrogen and oxygen atoms in total. The largest absolute Gasteiger partial charge is 0.495 e. The van der Waals surface area contributed by atoms with Crippen molar-refractivity contribution in [1.82, 2.24) is 4.31 Å². The molecule has 2 aliphatic rings. The lowest BCUT2D eigenvalue weighted by atomic mass is 10.1. The van der Waals surface area contributed by atoms with Gasteiger partial charge in [0.05, 0.1) is 7.11 Å². The molecule has 1 saturated heterocycles. The van der Waals surface area contributed by atoms with Crippen molar-refractivity contribution in [3.8, 4) is 17.2 Å². The monoisotopic (exact) mass is 421 g/mol. The topological polar surface area (TPSA) is 65.1 Å². The summed E-state index contributed by atoms with van der Waals surface area (Å²) in [7, 11) is -2.12. The second-order valence-electron chi connectivity index (χ2n) is 6.82. The van der Waals surface area contributed by atoms with Crippen molar-refractivity contribution in [2.75, 3.05) is 32.7 Å². The summed E-state index contributed by atoms with van der Waals surface area (Å²) >= 11 is 1.78. The van der Waals surface area contributed by atoms with E-state index in [1.165, 1.54) is 7.11 Å². The van der Waals surface area contributed by atoms with Gasteiger partial charge in [0.25, 0.3) is 0 Å². The van der Waals surface area contributed by atoms with E-state index in [4.69, 9.17) is 14.2 Å². The van der Waals surface area contributed by atoms with Crippen LogP contribution in [0.25, 0.3) is 0 Å². The van der Waals surface area contributed by atoms with Crippen molar-refractivity contribution in [3.05, 3.63) is 47.5 Å². The molecule has 0 spiro atoms. The Morgan fingerprint density at radius 2 is 1.93 bits per heavy atom. The molecule has 4 rings (SSSR count). The van der Waals surface area contributed by atoms with E-state index in [1.807, 2.05) is 31.2 Å². The van der Waals surface area contributed by atoms with Crippen molar-refractivity contribution < 1.29 is 22.6 Å². The number of hydrogen-bond acceptors (Lipinski definition) is 6. The lowest BCUT2D eigenvalue weighted by Gasteiger charge is -2.21. The fourth-order valence-electron chi connectivity index (χ4n) is 3.49. The molecular weight excluding hydrogens is 398 g/mol. The highest BCUT2D eigenvalue weighted by atomic mass is 32.2. The fraction of sp³-hybridized carbons (Fsp3) is 0.400. The van der Waals surface area contributed by atoms with Gasteiger partial charge in [0, 0.05) is 24.1 Å². The molecule has 0 amide bonds. The minimum atomic E-state index is -3.62. The molecule has 1 atom stereocenters. The van der Waals surface area contributed by atoms with Gasteiger partial charge in [-0.1, -0.05) is 12.1 Å². The maximum atomic E-state index is 13.3. The number of benzene rings is 2. The number of rotatable bonds is 4. The van der Waals surface area contributed by atoms with Crippen LogP contribution in [-0.2, 0) is 10.0 Å². The standard InChI is InChI=1S/C20H23NO5S2/c1-14-3-5-17(24-2)20(11-14)28(22,23)21-8-7-19(27-10-9-21)15-4-6-16-18(12-15)26-13-25-16/h3-6,11-12,19H,7-10,13H2,1-2H3. The summed E-state index contributed by atoms with van der Waals surface area (Å²) in [5.74, 6) is 2.64. The Labute approximate surface area is 169 Å². The van der Waals surface area contributed by atoms with Gasteiger partial charge in [0.15, 0.2) is 11.5 Å². The molecule has 2 heterocycles. The van der Waals surface area contributed by atoms with E-state index in [-0.39, 0.29) is 16.9 Å². The van der Waals surface area contributed by atoms with Crippen LogP contribution in [0.15, 0.2) is 41.3 Å². The smallest absolute Gasteiger partial charge is 0.246 e. The van der Waals surface area contributed by atoms with Crippen LogP contribution >= 0.6 is 11.8 Å². The number of sulfonamides is 1. The Morgan fingerprint density at radius 3 is 2.75 bits per heavy atom. The highest BCUT2D eigenvalue weighted by Crippen LogP contribution is 2.41. The Kier molecular flexibility index (Phi) is 5.44. The molecule has 0 saturated carbocycles. The van der Waals surface area contributed by atoms with Crippen LogP contribution in [-0.4, -0.2) is 45.5 Å². The highest BCUT2D eigenvalue weighted by Gasteiger charge is 2.31. The number of methoxy groups -OCH3 is 1. The quantitative estimate of drug-likeness (QED) is 0.752. The van der Waals surface area contributed by atoms with Gasteiger partial charge in [-0.25, -0.2) is 8.42 Å². The summed E-state index contributed by atoms with van der Waals surface area (Å²) in [5.41, 5.74) is 2.03. The van der Waals surface area contributed by atoms with E-state index in [0.717, 1.165) is 34.8 Å². The molecule has 0 radical (unpaired) electrons. The molecule has 8 heteroatoms. The molecule has 28 heavy (non-hydrogen) atoms. The molecule has 2 aromatic carbocycles. The number of hydrogen-bond donors (Lipinski definition) is 0. The van der Waals surface area contributed by atoms with Crippen LogP contribution in [0.5, 0.6) is 17.2 Å². The van der Waals surface area contributed by atoms with Gasteiger partial charge < -0.3 is 14.2 Å². The Bertz CT molecular complexity index is 977. The van der Waals surface area contributed by atoms with Crippen LogP contribution < -0.4 is 14.2 Å². The highest BCUT2D eigenvalue weighted by molar-refractivity contribution is 7.99. The van der Waals surface area contributed by atoms with E-state index < -0.39 is 10.0 Å². The van der Waals surface area contributed by atoms with Gasteiger partial charge >= 0.3 is 0 Å². The molecule has 1 fully saturated rings. The summed E-state index contributed by atoms with van der Waals surface area (Å²) in [6.07, 6.45) is 0.734. The molecule has 0 aromatic heterocycles. The number of fused-ring (bicyclic) bond motifs is 1. The molecule has 0 aliphatic carbocycles. The zero-order chi connectivity index (χ0) is 19.7. The fourth-order valence-corrected chi connectivity index (χ4v) is 6.53. The van der Waals surface area contributed by atoms with Crippen molar-refractivity contribution in [3.63, 3.8) is 0 Å². The number of thioether (sulfide) groups is 1. The molecule has 2 aliphatic heterocycles. The summed E-state index contributed by atoms with van der Waals surface area (Å²) in [6.45, 7) is 3.07. The summed E-state index contributed by atoms with van der Waals surface area (Å²) in [5, 5.41) is 0.217. The van der Waals surface area contributed by atoms with Crippen LogP contribution in [0.3, 0.4) is 0 Å². The molecule has 150 valence electrons. The molecule has 2 aromatic rings. The Balaban J connectivity index is 1.55. The number of ether oxygens (including phenoxy) is 3. The van der Waals surface area contributed by atoms with E-state index in [2.05, 4.69) is 0 Å². The van der Waals surface area contributed by atoms with Crippen molar-refractivity contribution in [2.24, 2.45) is 0 Å². The summed E-state index contributed by atoms with van der Waals surface area (Å²) in [6, 6.07) is 11.2. The summed E-state index contributed by atoms with van der Waals surface area (Å²) < 4.78 is 44.3. The third-order valence-corrected chi connectivity index (χ3v) is 8.25. The van der Waals surface area contributed by atoms with Crippen molar-refractivity contribution >= 4 is 21.8 Å². The number of aryl methyl sites for hydroxylation is 1. The minimum Gasteiger partial charge on any atom is -0.495 e. The van der Waals surface area contributed by atoms with Gasteiger partial charge in [0.1, 0.15) is 10.6 Å². The first kappa shape index (κ1) is 19.4. The molecule has 0 N–H and O–H groups in total. The second-order valence-corrected chi connectivity index (χ2v) is 10.0. The van der Waals surface area contributed by atoms with Crippen LogP contribution in [0.2, 0.25) is 0 Å². The predicted octanol–water partition coefficient (Wildman–Crippen LogP) is 3.60. The zero-order valence-corrected chi connectivity index (χ0v) is 17.5. The third kappa shape index (κ3) is 3.68. The average molecular weight is 422 g/mol. The molecular formula is C20H23NO5S2. The van der Waals surface area contributed by atoms with Crippen LogP contribution in [0.4, 0.5) is 0 Å². The maximum absolute atomic E-state index is 13.3. The zero-order valence-electron chi connectivity index (χ0n) is 15.9. The molecule has 0 bridgehead atoms. The Hall–Kier alpha value is -1.90. The Morgan fingerprint density at radius 1 is 1.11 bits per heavy atom. The van der Waals surface area contributed by atoms with E-state index in [0.29, 0.717) is 18.8 Å². The van der Waals surface area contributed by atoms with Gasteiger partial charge in [0.2, 0.25) is 16.8 Å². The average Bonchev–Trinajstić information content (AvgIpc) is 3.01. The first-order chi connectivity index (χ1) is 13.5. The first-order valence-electron chi connectivity index (χ1n) is 9.15. The van der Waals surface area contributed by atoms with Crippen LogP contribution in [0, 0.1) is 6.92 Å². The van der Waals surface area contributed by atoms with E-state index >= 15 is 0 Å². The summed E-state index contributed by atoms with van der Waals surface area (Å²) in [4.78, 5) is 0.238. The van der Waals surface area contributed by atoms with Crippen molar-refractivity contribution in [1.29, 1.82) is 0 Å². The van der Waals surface area contributed by atoms with E-state index in [1.54, 1.807) is 28.2 Å².